The molecule has 0 aliphatic rings. The lowest BCUT2D eigenvalue weighted by Gasteiger charge is -1.91. The fraction of sp³-hybridized carbons (Fsp3) is 0.400. The lowest BCUT2D eigenvalue weighted by atomic mass is 10.6. The Morgan fingerprint density at radius 1 is 1.88 bits per heavy atom. The number of esters is 1. The van der Waals surface area contributed by atoms with Crippen LogP contribution in [0.25, 0.3) is 0 Å². The van der Waals surface area contributed by atoms with E-state index in [1.54, 1.807) is 6.92 Å². The summed E-state index contributed by atoms with van der Waals surface area (Å²) in [6, 6.07) is 0. The molecule has 0 bridgehead atoms. The summed E-state index contributed by atoms with van der Waals surface area (Å²) < 4.78 is 4.53. The highest BCUT2D eigenvalue weighted by atomic mass is 79.9. The number of halogens is 1. The quantitative estimate of drug-likeness (QED) is 0.473. The van der Waals surface area contributed by atoms with Gasteiger partial charge in [-0.3, -0.25) is 0 Å². The maximum absolute atomic E-state index is 10.3. The van der Waals surface area contributed by atoms with E-state index in [0.29, 0.717) is 6.61 Å². The Balaban J connectivity index is 3.33. The molecule has 0 radical (unpaired) electrons. The molecule has 0 amide bonds. The number of rotatable bonds is 2. The van der Waals surface area contributed by atoms with Gasteiger partial charge in [-0.25, -0.2) is 4.79 Å². The van der Waals surface area contributed by atoms with E-state index in [9.17, 15) is 4.79 Å². The van der Waals surface area contributed by atoms with Crippen LogP contribution < -0.4 is 0 Å². The zero-order valence-electron chi connectivity index (χ0n) is 4.56. The second-order valence-electron chi connectivity index (χ2n) is 1.04. The summed E-state index contributed by atoms with van der Waals surface area (Å²) in [6.45, 7) is 2.19. The lowest BCUT2D eigenvalue weighted by Crippen LogP contribution is -1.97. The Kier molecular flexibility index (Phi) is 4.65. The summed E-state index contributed by atoms with van der Waals surface area (Å²) in [5.74, 6) is -0.315. The molecule has 0 aliphatic carbocycles. The van der Waals surface area contributed by atoms with Crippen molar-refractivity contribution in [3.05, 3.63) is 11.1 Å². The van der Waals surface area contributed by atoms with Gasteiger partial charge in [0.1, 0.15) is 0 Å². The van der Waals surface area contributed by atoms with Gasteiger partial charge < -0.3 is 4.74 Å². The van der Waals surface area contributed by atoms with Crippen molar-refractivity contribution in [3.8, 4) is 0 Å². The Hall–Kier alpha value is -0.310. The fourth-order valence-electron chi connectivity index (χ4n) is 0.242. The van der Waals surface area contributed by atoms with Gasteiger partial charge in [0.05, 0.1) is 6.61 Å². The smallest absolute Gasteiger partial charge is 0.331 e. The van der Waals surface area contributed by atoms with Gasteiger partial charge in [-0.15, -0.1) is 0 Å². The van der Waals surface area contributed by atoms with Gasteiger partial charge in [-0.1, -0.05) is 15.9 Å². The highest BCUT2D eigenvalue weighted by molar-refractivity contribution is 9.11. The van der Waals surface area contributed by atoms with Gasteiger partial charge in [-0.2, -0.15) is 0 Å². The number of carbonyl (C=O) groups is 1. The first-order valence-corrected chi connectivity index (χ1v) is 3.16. The Morgan fingerprint density at radius 2 is 2.50 bits per heavy atom. The van der Waals surface area contributed by atoms with Gasteiger partial charge in [0, 0.05) is 6.08 Å². The van der Waals surface area contributed by atoms with Gasteiger partial charge in [0.15, 0.2) is 0 Å². The zero-order valence-corrected chi connectivity index (χ0v) is 6.14. The third-order valence-electron chi connectivity index (χ3n) is 0.486. The van der Waals surface area contributed by atoms with Crippen molar-refractivity contribution in [2.45, 2.75) is 6.92 Å². The summed E-state index contributed by atoms with van der Waals surface area (Å²) in [5, 5.41) is 0. The number of carbonyl (C=O) groups excluding carboxylic acids is 1. The SMILES string of the molecule is CCOC(=O)C=CBr. The van der Waals surface area contributed by atoms with Crippen molar-refractivity contribution < 1.29 is 9.53 Å². The second kappa shape index (κ2) is 4.84. The molecular formula is C5H7BrO2. The molecule has 3 heteroatoms. The maximum Gasteiger partial charge on any atom is 0.331 e. The third-order valence-corrected chi connectivity index (χ3v) is 0.750. The van der Waals surface area contributed by atoms with E-state index in [1.165, 1.54) is 11.1 Å². The standard InChI is InChI=1S/C5H7BrO2/c1-2-8-5(7)3-4-6/h3-4H,2H2,1H3. The first-order chi connectivity index (χ1) is 3.81. The molecule has 2 nitrogen and oxygen atoms in total. The van der Waals surface area contributed by atoms with Crippen molar-refractivity contribution in [3.63, 3.8) is 0 Å². The maximum atomic E-state index is 10.3. The van der Waals surface area contributed by atoms with Crippen LogP contribution in [0.15, 0.2) is 11.1 Å². The molecule has 0 rings (SSSR count). The van der Waals surface area contributed by atoms with Crippen LogP contribution in [0, 0.1) is 0 Å². The topological polar surface area (TPSA) is 26.3 Å². The van der Waals surface area contributed by atoms with E-state index in [4.69, 9.17) is 0 Å². The van der Waals surface area contributed by atoms with Gasteiger partial charge >= 0.3 is 5.97 Å². The van der Waals surface area contributed by atoms with Crippen molar-refractivity contribution in [2.24, 2.45) is 0 Å². The molecular weight excluding hydrogens is 172 g/mol. The van der Waals surface area contributed by atoms with Gasteiger partial charge in [-0.05, 0) is 11.9 Å². The minimum Gasteiger partial charge on any atom is -0.463 e. The summed E-state index contributed by atoms with van der Waals surface area (Å²) in [4.78, 5) is 11.8. The second-order valence-corrected chi connectivity index (χ2v) is 1.57. The van der Waals surface area contributed by atoms with Crippen LogP contribution in [-0.4, -0.2) is 12.6 Å². The number of ether oxygens (including phenoxy) is 1. The van der Waals surface area contributed by atoms with E-state index < -0.39 is 0 Å². The summed E-state index contributed by atoms with van der Waals surface area (Å²) in [7, 11) is 0. The van der Waals surface area contributed by atoms with E-state index in [2.05, 4.69) is 20.7 Å². The monoisotopic (exact) mass is 178 g/mol. The molecule has 46 valence electrons. The van der Waals surface area contributed by atoms with Crippen molar-refractivity contribution in [1.82, 2.24) is 0 Å². The Bertz CT molecular complexity index is 98.6. The molecule has 8 heavy (non-hydrogen) atoms. The molecule has 0 saturated heterocycles. The van der Waals surface area contributed by atoms with Crippen LogP contribution in [0.1, 0.15) is 6.92 Å². The van der Waals surface area contributed by atoms with E-state index in [1.807, 2.05) is 0 Å². The average molecular weight is 179 g/mol. The minimum atomic E-state index is -0.315. The molecule has 0 spiro atoms. The molecule has 0 atom stereocenters. The first kappa shape index (κ1) is 7.69. The molecule has 0 aromatic rings. The van der Waals surface area contributed by atoms with Crippen LogP contribution >= 0.6 is 15.9 Å². The van der Waals surface area contributed by atoms with Crippen LogP contribution in [-0.2, 0) is 9.53 Å². The van der Waals surface area contributed by atoms with Crippen LogP contribution in [0.5, 0.6) is 0 Å². The van der Waals surface area contributed by atoms with Crippen LogP contribution in [0.4, 0.5) is 0 Å². The molecule has 0 unspecified atom stereocenters. The fourth-order valence-corrected chi connectivity index (χ4v) is 0.458. The predicted molar refractivity (Wildman–Crippen MR) is 34.7 cm³/mol. The average Bonchev–Trinajstić information content (AvgIpc) is 1.68. The number of hydrogen-bond donors (Lipinski definition) is 0. The zero-order chi connectivity index (χ0) is 6.41. The Morgan fingerprint density at radius 3 is 2.88 bits per heavy atom. The molecule has 0 N–H and O–H groups in total. The molecule has 0 saturated carbocycles. The van der Waals surface area contributed by atoms with Gasteiger partial charge in [0.25, 0.3) is 0 Å². The first-order valence-electron chi connectivity index (χ1n) is 2.24. The summed E-state index contributed by atoms with van der Waals surface area (Å²) in [6.07, 6.45) is 1.31. The minimum absolute atomic E-state index is 0.315. The lowest BCUT2D eigenvalue weighted by molar-refractivity contribution is -0.137. The van der Waals surface area contributed by atoms with Gasteiger partial charge in [0.2, 0.25) is 0 Å². The van der Waals surface area contributed by atoms with E-state index >= 15 is 0 Å². The highest BCUT2D eigenvalue weighted by Crippen LogP contribution is 1.85. The van der Waals surface area contributed by atoms with Crippen molar-refractivity contribution >= 4 is 21.9 Å². The highest BCUT2D eigenvalue weighted by Gasteiger charge is 1.88. The normalized spacial score (nSPS) is 9.75. The third kappa shape index (κ3) is 3.87. The molecule has 0 aromatic carbocycles. The number of hydrogen-bond acceptors (Lipinski definition) is 2. The molecule has 0 heterocycles. The molecule has 0 fully saturated rings. The van der Waals surface area contributed by atoms with Crippen LogP contribution in [0.2, 0.25) is 0 Å². The summed E-state index contributed by atoms with van der Waals surface area (Å²) >= 11 is 2.94. The molecule has 0 aromatic heterocycles. The van der Waals surface area contributed by atoms with E-state index in [0.717, 1.165) is 0 Å². The largest absolute Gasteiger partial charge is 0.463 e. The van der Waals surface area contributed by atoms with Crippen LogP contribution in [0.3, 0.4) is 0 Å². The Labute approximate surface area is 56.7 Å². The predicted octanol–water partition coefficient (Wildman–Crippen LogP) is 1.46. The molecule has 0 aliphatic heterocycles. The van der Waals surface area contributed by atoms with Crippen molar-refractivity contribution in [1.29, 1.82) is 0 Å². The van der Waals surface area contributed by atoms with Crippen molar-refractivity contribution in [2.75, 3.05) is 6.61 Å². The van der Waals surface area contributed by atoms with E-state index in [-0.39, 0.29) is 5.97 Å². The summed E-state index contributed by atoms with van der Waals surface area (Å²) in [5.41, 5.74) is 0.